The second-order valence-electron chi connectivity index (χ2n) is 8.48. The summed E-state index contributed by atoms with van der Waals surface area (Å²) in [4.78, 5) is 21.3. The van der Waals surface area contributed by atoms with Crippen LogP contribution in [0.4, 0.5) is 4.79 Å². The number of carbonyl (C=O) groups excluding carboxylic acids is 1. The Morgan fingerprint density at radius 3 is 2.45 bits per heavy atom. The molecule has 0 spiro atoms. The fourth-order valence-electron chi connectivity index (χ4n) is 3.21. The number of guanidine groups is 1. The van der Waals surface area contributed by atoms with E-state index >= 15 is 0 Å². The molecule has 1 aliphatic rings. The summed E-state index contributed by atoms with van der Waals surface area (Å²) in [6.45, 7) is 16.3. The summed E-state index contributed by atoms with van der Waals surface area (Å²) in [6, 6.07) is 0.421. The summed E-state index contributed by atoms with van der Waals surface area (Å²) >= 11 is 0. The van der Waals surface area contributed by atoms with Gasteiger partial charge in [-0.2, -0.15) is 0 Å². The maximum atomic E-state index is 12.4. The standard InChI is InChI=1S/C21H43N5O3/c1-7-12-26(20(27)29-21(3,4)5)15-11-23-19(22-8-2)24-18-9-13-25(14-10-18)16-17-28-6/h18H,7-17H2,1-6H3,(H2,22,23,24). The van der Waals surface area contributed by atoms with Gasteiger partial charge in [0.15, 0.2) is 5.96 Å². The van der Waals surface area contributed by atoms with Gasteiger partial charge < -0.3 is 29.9 Å². The molecule has 0 aromatic carbocycles. The van der Waals surface area contributed by atoms with Crippen molar-refractivity contribution in [2.75, 3.05) is 59.5 Å². The Bertz CT molecular complexity index is 485. The molecule has 1 rings (SSSR count). The minimum absolute atomic E-state index is 0.268. The molecule has 0 aromatic rings. The van der Waals surface area contributed by atoms with E-state index in [9.17, 15) is 4.79 Å². The van der Waals surface area contributed by atoms with Gasteiger partial charge in [0.05, 0.1) is 13.2 Å². The van der Waals surface area contributed by atoms with Crippen LogP contribution in [0.5, 0.6) is 0 Å². The molecule has 0 atom stereocenters. The fourth-order valence-corrected chi connectivity index (χ4v) is 3.21. The molecule has 1 heterocycles. The predicted octanol–water partition coefficient (Wildman–Crippen LogP) is 2.30. The van der Waals surface area contributed by atoms with Crippen LogP contribution in [0.2, 0.25) is 0 Å². The SMILES string of the molecule is CCCN(CCN=C(NCC)NC1CCN(CCOC)CC1)C(=O)OC(C)(C)C. The number of likely N-dealkylation sites (tertiary alicyclic amines) is 1. The fraction of sp³-hybridized carbons (Fsp3) is 0.905. The monoisotopic (exact) mass is 413 g/mol. The average molecular weight is 414 g/mol. The summed E-state index contributed by atoms with van der Waals surface area (Å²) < 4.78 is 10.7. The lowest BCUT2D eigenvalue weighted by Gasteiger charge is -2.33. The highest BCUT2D eigenvalue weighted by Gasteiger charge is 2.22. The van der Waals surface area contributed by atoms with Gasteiger partial charge in [-0.1, -0.05) is 6.92 Å². The number of nitrogens with zero attached hydrogens (tertiary/aromatic N) is 3. The minimum atomic E-state index is -0.485. The first-order valence-electron chi connectivity index (χ1n) is 11.0. The molecule has 1 amide bonds. The van der Waals surface area contributed by atoms with E-state index in [1.165, 1.54) is 0 Å². The number of rotatable bonds is 10. The molecule has 0 saturated carbocycles. The molecule has 29 heavy (non-hydrogen) atoms. The molecule has 0 radical (unpaired) electrons. The van der Waals surface area contributed by atoms with Gasteiger partial charge in [-0.05, 0) is 47.0 Å². The Morgan fingerprint density at radius 1 is 1.21 bits per heavy atom. The number of methoxy groups -OCH3 is 1. The van der Waals surface area contributed by atoms with Gasteiger partial charge in [0.1, 0.15) is 5.60 Å². The summed E-state index contributed by atoms with van der Waals surface area (Å²) in [5.41, 5.74) is -0.485. The lowest BCUT2D eigenvalue weighted by molar-refractivity contribution is 0.0256. The second kappa shape index (κ2) is 13.6. The molecule has 0 bridgehead atoms. The van der Waals surface area contributed by atoms with Gasteiger partial charge in [-0.25, -0.2) is 4.79 Å². The number of carbonyl (C=O) groups is 1. The molecule has 0 unspecified atom stereocenters. The van der Waals surface area contributed by atoms with Crippen molar-refractivity contribution in [1.29, 1.82) is 0 Å². The van der Waals surface area contributed by atoms with Crippen LogP contribution in [0.3, 0.4) is 0 Å². The molecule has 0 aromatic heterocycles. The van der Waals surface area contributed by atoms with Crippen molar-refractivity contribution < 1.29 is 14.3 Å². The highest BCUT2D eigenvalue weighted by atomic mass is 16.6. The van der Waals surface area contributed by atoms with Crippen molar-refractivity contribution in [3.63, 3.8) is 0 Å². The predicted molar refractivity (Wildman–Crippen MR) is 119 cm³/mol. The molecule has 1 aliphatic heterocycles. The molecule has 0 aliphatic carbocycles. The van der Waals surface area contributed by atoms with Crippen molar-refractivity contribution in [3.8, 4) is 0 Å². The Hall–Kier alpha value is -1.54. The van der Waals surface area contributed by atoms with Gasteiger partial charge in [-0.15, -0.1) is 0 Å². The lowest BCUT2D eigenvalue weighted by Crippen LogP contribution is -2.49. The van der Waals surface area contributed by atoms with Crippen LogP contribution in [-0.2, 0) is 9.47 Å². The topological polar surface area (TPSA) is 78.4 Å². The highest BCUT2D eigenvalue weighted by molar-refractivity contribution is 5.80. The minimum Gasteiger partial charge on any atom is -0.444 e. The van der Waals surface area contributed by atoms with Gasteiger partial charge in [0.25, 0.3) is 0 Å². The van der Waals surface area contributed by atoms with Gasteiger partial charge in [0, 0.05) is 52.4 Å². The first kappa shape index (κ1) is 25.5. The maximum absolute atomic E-state index is 12.4. The third-order valence-corrected chi connectivity index (χ3v) is 4.67. The normalized spacial score (nSPS) is 16.6. The van der Waals surface area contributed by atoms with Crippen LogP contribution in [-0.4, -0.2) is 93.0 Å². The van der Waals surface area contributed by atoms with Crippen molar-refractivity contribution in [3.05, 3.63) is 0 Å². The second-order valence-corrected chi connectivity index (χ2v) is 8.48. The van der Waals surface area contributed by atoms with Crippen LogP contribution in [0.15, 0.2) is 4.99 Å². The number of piperidine rings is 1. The van der Waals surface area contributed by atoms with Crippen LogP contribution in [0, 0.1) is 0 Å². The number of ether oxygens (including phenoxy) is 2. The van der Waals surface area contributed by atoms with Gasteiger partial charge in [-0.3, -0.25) is 4.99 Å². The number of aliphatic imine (C=N–C) groups is 1. The summed E-state index contributed by atoms with van der Waals surface area (Å²) in [7, 11) is 1.75. The number of amides is 1. The van der Waals surface area contributed by atoms with E-state index in [2.05, 4.69) is 34.4 Å². The van der Waals surface area contributed by atoms with Crippen LogP contribution in [0.1, 0.15) is 53.9 Å². The molecule has 2 N–H and O–H groups in total. The maximum Gasteiger partial charge on any atom is 0.410 e. The lowest BCUT2D eigenvalue weighted by atomic mass is 10.1. The molecular weight excluding hydrogens is 370 g/mol. The number of hydrogen-bond donors (Lipinski definition) is 2. The molecule has 8 heteroatoms. The van der Waals surface area contributed by atoms with E-state index in [1.54, 1.807) is 12.0 Å². The summed E-state index contributed by atoms with van der Waals surface area (Å²) in [5.74, 6) is 0.823. The highest BCUT2D eigenvalue weighted by Crippen LogP contribution is 2.11. The van der Waals surface area contributed by atoms with E-state index in [1.807, 2.05) is 20.8 Å². The zero-order valence-corrected chi connectivity index (χ0v) is 19.4. The van der Waals surface area contributed by atoms with E-state index in [-0.39, 0.29) is 6.09 Å². The van der Waals surface area contributed by atoms with Crippen molar-refractivity contribution in [2.45, 2.75) is 65.5 Å². The molecule has 170 valence electrons. The third-order valence-electron chi connectivity index (χ3n) is 4.67. The number of hydrogen-bond acceptors (Lipinski definition) is 5. The van der Waals surface area contributed by atoms with Crippen LogP contribution >= 0.6 is 0 Å². The number of nitrogens with one attached hydrogen (secondary N) is 2. The van der Waals surface area contributed by atoms with E-state index in [4.69, 9.17) is 9.47 Å². The van der Waals surface area contributed by atoms with Crippen molar-refractivity contribution >= 4 is 12.1 Å². The van der Waals surface area contributed by atoms with Crippen molar-refractivity contribution in [1.82, 2.24) is 20.4 Å². The average Bonchev–Trinajstić information content (AvgIpc) is 2.65. The van der Waals surface area contributed by atoms with Gasteiger partial charge in [0.2, 0.25) is 0 Å². The molecule has 1 saturated heterocycles. The van der Waals surface area contributed by atoms with E-state index in [0.29, 0.717) is 25.7 Å². The van der Waals surface area contributed by atoms with E-state index < -0.39 is 5.60 Å². The molecule has 8 nitrogen and oxygen atoms in total. The summed E-state index contributed by atoms with van der Waals surface area (Å²) in [5, 5.41) is 6.87. The summed E-state index contributed by atoms with van der Waals surface area (Å²) in [6.07, 6.45) is 2.81. The Morgan fingerprint density at radius 2 is 1.90 bits per heavy atom. The zero-order valence-electron chi connectivity index (χ0n) is 19.4. The Kier molecular flexibility index (Phi) is 12.0. The van der Waals surface area contributed by atoms with E-state index in [0.717, 1.165) is 58.0 Å². The Labute approximate surface area is 177 Å². The molecular formula is C21H43N5O3. The molecule has 1 fully saturated rings. The van der Waals surface area contributed by atoms with Gasteiger partial charge >= 0.3 is 6.09 Å². The smallest absolute Gasteiger partial charge is 0.410 e. The largest absolute Gasteiger partial charge is 0.444 e. The quantitative estimate of drug-likeness (QED) is 0.423. The first-order valence-corrected chi connectivity index (χ1v) is 11.0. The van der Waals surface area contributed by atoms with Crippen molar-refractivity contribution in [2.24, 2.45) is 4.99 Å². The first-order chi connectivity index (χ1) is 13.8. The zero-order chi connectivity index (χ0) is 21.7. The van der Waals surface area contributed by atoms with Crippen LogP contribution in [0.25, 0.3) is 0 Å². The Balaban J connectivity index is 2.52. The van der Waals surface area contributed by atoms with Crippen LogP contribution < -0.4 is 10.6 Å². The third kappa shape index (κ3) is 11.3.